The Hall–Kier alpha value is -3.60. The average Bonchev–Trinajstić information content (AvgIpc) is 2.70. The maximum absolute atomic E-state index is 12.4. The summed E-state index contributed by atoms with van der Waals surface area (Å²) in [6, 6.07) is 22.9. The number of hydrogen-bond donors (Lipinski definition) is 2. The van der Waals surface area contributed by atoms with E-state index in [4.69, 9.17) is 4.74 Å². The molecule has 2 amide bonds. The Balaban J connectivity index is 1.62. The molecule has 3 aromatic carbocycles. The third kappa shape index (κ3) is 4.95. The summed E-state index contributed by atoms with van der Waals surface area (Å²) < 4.78 is 5.38. The van der Waals surface area contributed by atoms with Crippen molar-refractivity contribution in [3.05, 3.63) is 90.0 Å². The molecule has 5 nitrogen and oxygen atoms in total. The van der Waals surface area contributed by atoms with E-state index in [2.05, 4.69) is 10.6 Å². The second-order valence-corrected chi connectivity index (χ2v) is 5.81. The highest BCUT2D eigenvalue weighted by Crippen LogP contribution is 2.17. The number of nitrogens with one attached hydrogen (secondary N) is 2. The monoisotopic (exact) mass is 360 g/mol. The van der Waals surface area contributed by atoms with Gasteiger partial charge in [0.2, 0.25) is 0 Å². The lowest BCUT2D eigenvalue weighted by Gasteiger charge is -2.08. The highest BCUT2D eigenvalue weighted by molar-refractivity contribution is 6.07. The zero-order chi connectivity index (χ0) is 19.1. The molecule has 3 aromatic rings. The van der Waals surface area contributed by atoms with Crippen molar-refractivity contribution >= 4 is 23.2 Å². The van der Waals surface area contributed by atoms with Gasteiger partial charge in [-0.1, -0.05) is 18.2 Å². The Labute approximate surface area is 158 Å². The Morgan fingerprint density at radius 2 is 1.19 bits per heavy atom. The van der Waals surface area contributed by atoms with Gasteiger partial charge in [-0.05, 0) is 67.6 Å². The largest absolute Gasteiger partial charge is 0.494 e. The van der Waals surface area contributed by atoms with Crippen molar-refractivity contribution in [2.75, 3.05) is 17.2 Å². The van der Waals surface area contributed by atoms with Gasteiger partial charge in [0, 0.05) is 22.5 Å². The van der Waals surface area contributed by atoms with Crippen LogP contribution < -0.4 is 15.4 Å². The van der Waals surface area contributed by atoms with E-state index in [-0.39, 0.29) is 11.8 Å². The molecule has 27 heavy (non-hydrogen) atoms. The van der Waals surface area contributed by atoms with Gasteiger partial charge in [-0.2, -0.15) is 0 Å². The molecule has 0 aliphatic carbocycles. The van der Waals surface area contributed by atoms with Gasteiger partial charge in [-0.3, -0.25) is 9.59 Å². The molecule has 0 saturated carbocycles. The number of anilines is 2. The summed E-state index contributed by atoms with van der Waals surface area (Å²) in [5.74, 6) is 0.290. The first-order valence-electron chi connectivity index (χ1n) is 8.66. The van der Waals surface area contributed by atoms with Gasteiger partial charge in [-0.25, -0.2) is 0 Å². The summed E-state index contributed by atoms with van der Waals surface area (Å²) in [5.41, 5.74) is 2.35. The average molecular weight is 360 g/mol. The molecule has 0 radical (unpaired) electrons. The molecule has 0 unspecified atom stereocenters. The maximum Gasteiger partial charge on any atom is 0.255 e. The van der Waals surface area contributed by atoms with E-state index in [1.165, 1.54) is 0 Å². The third-order valence-corrected chi connectivity index (χ3v) is 3.86. The lowest BCUT2D eigenvalue weighted by molar-refractivity contribution is 0.101. The summed E-state index contributed by atoms with van der Waals surface area (Å²) in [6.45, 7) is 2.51. The van der Waals surface area contributed by atoms with Crippen molar-refractivity contribution in [1.82, 2.24) is 0 Å². The summed E-state index contributed by atoms with van der Waals surface area (Å²) in [4.78, 5) is 24.6. The van der Waals surface area contributed by atoms with Gasteiger partial charge in [-0.15, -0.1) is 0 Å². The van der Waals surface area contributed by atoms with Crippen LogP contribution in [-0.4, -0.2) is 18.4 Å². The van der Waals surface area contributed by atoms with Crippen LogP contribution in [0.4, 0.5) is 11.4 Å². The van der Waals surface area contributed by atoms with E-state index >= 15 is 0 Å². The Morgan fingerprint density at radius 1 is 0.704 bits per heavy atom. The lowest BCUT2D eigenvalue weighted by Crippen LogP contribution is -2.14. The predicted octanol–water partition coefficient (Wildman–Crippen LogP) is 4.59. The van der Waals surface area contributed by atoms with Crippen LogP contribution in [0.5, 0.6) is 5.75 Å². The minimum absolute atomic E-state index is 0.223. The molecule has 0 fully saturated rings. The van der Waals surface area contributed by atoms with Crippen LogP contribution in [-0.2, 0) is 0 Å². The molecule has 136 valence electrons. The third-order valence-electron chi connectivity index (χ3n) is 3.86. The van der Waals surface area contributed by atoms with Gasteiger partial charge in [0.15, 0.2) is 0 Å². The molecule has 0 aliphatic rings. The Bertz CT molecular complexity index is 905. The number of amides is 2. The summed E-state index contributed by atoms with van der Waals surface area (Å²) in [7, 11) is 0. The first kappa shape index (κ1) is 18.2. The zero-order valence-electron chi connectivity index (χ0n) is 14.9. The Kier molecular flexibility index (Phi) is 5.84. The van der Waals surface area contributed by atoms with E-state index in [0.717, 1.165) is 11.4 Å². The topological polar surface area (TPSA) is 67.4 Å². The van der Waals surface area contributed by atoms with Crippen molar-refractivity contribution in [1.29, 1.82) is 0 Å². The standard InChI is InChI=1S/C22H20N2O3/c1-2-27-20-14-12-19(13-15-20)24-22(26)17-10-8-16(9-11-17)21(25)23-18-6-4-3-5-7-18/h3-15H,2H2,1H3,(H,23,25)(H,24,26). The van der Waals surface area contributed by atoms with E-state index in [1.807, 2.05) is 37.3 Å². The molecule has 0 heterocycles. The predicted molar refractivity (Wildman–Crippen MR) is 106 cm³/mol. The summed E-state index contributed by atoms with van der Waals surface area (Å²) in [6.07, 6.45) is 0. The van der Waals surface area contributed by atoms with Crippen molar-refractivity contribution in [3.63, 3.8) is 0 Å². The number of rotatable bonds is 6. The van der Waals surface area contributed by atoms with Crippen molar-refractivity contribution in [3.8, 4) is 5.75 Å². The number of benzene rings is 3. The number of carbonyl (C=O) groups excluding carboxylic acids is 2. The minimum Gasteiger partial charge on any atom is -0.494 e. The molecular weight excluding hydrogens is 340 g/mol. The molecule has 2 N–H and O–H groups in total. The van der Waals surface area contributed by atoms with Crippen molar-refractivity contribution in [2.24, 2.45) is 0 Å². The van der Waals surface area contributed by atoms with Gasteiger partial charge in [0.05, 0.1) is 6.61 Å². The number of carbonyl (C=O) groups is 2. The molecule has 0 bridgehead atoms. The van der Waals surface area contributed by atoms with Gasteiger partial charge in [0.1, 0.15) is 5.75 Å². The quantitative estimate of drug-likeness (QED) is 0.676. The van der Waals surface area contributed by atoms with Crippen LogP contribution in [0.25, 0.3) is 0 Å². The maximum atomic E-state index is 12.4. The second-order valence-electron chi connectivity index (χ2n) is 5.81. The van der Waals surface area contributed by atoms with Gasteiger partial charge < -0.3 is 15.4 Å². The molecule has 5 heteroatoms. The SMILES string of the molecule is CCOc1ccc(NC(=O)c2ccc(C(=O)Nc3ccccc3)cc2)cc1. The molecule has 0 aliphatic heterocycles. The van der Waals surface area contributed by atoms with Crippen LogP contribution in [0.1, 0.15) is 27.6 Å². The molecule has 0 saturated heterocycles. The van der Waals surface area contributed by atoms with Crippen LogP contribution in [0.2, 0.25) is 0 Å². The van der Waals surface area contributed by atoms with Gasteiger partial charge >= 0.3 is 0 Å². The van der Waals surface area contributed by atoms with Gasteiger partial charge in [0.25, 0.3) is 11.8 Å². The number of hydrogen-bond acceptors (Lipinski definition) is 3. The highest BCUT2D eigenvalue weighted by atomic mass is 16.5. The minimum atomic E-state index is -0.242. The Morgan fingerprint density at radius 3 is 1.67 bits per heavy atom. The zero-order valence-corrected chi connectivity index (χ0v) is 14.9. The van der Waals surface area contributed by atoms with Crippen LogP contribution >= 0.6 is 0 Å². The molecule has 0 atom stereocenters. The highest BCUT2D eigenvalue weighted by Gasteiger charge is 2.10. The first-order valence-corrected chi connectivity index (χ1v) is 8.66. The first-order chi connectivity index (χ1) is 13.2. The normalized spacial score (nSPS) is 10.1. The van der Waals surface area contributed by atoms with Crippen molar-refractivity contribution in [2.45, 2.75) is 6.92 Å². The fourth-order valence-corrected chi connectivity index (χ4v) is 2.50. The van der Waals surface area contributed by atoms with E-state index in [1.54, 1.807) is 48.5 Å². The molecule has 0 spiro atoms. The van der Waals surface area contributed by atoms with E-state index in [9.17, 15) is 9.59 Å². The number of ether oxygens (including phenoxy) is 1. The number of para-hydroxylation sites is 1. The smallest absolute Gasteiger partial charge is 0.255 e. The van der Waals surface area contributed by atoms with Crippen molar-refractivity contribution < 1.29 is 14.3 Å². The summed E-state index contributed by atoms with van der Waals surface area (Å²) in [5, 5.41) is 5.63. The van der Waals surface area contributed by atoms with Crippen LogP contribution in [0, 0.1) is 0 Å². The fraction of sp³-hybridized carbons (Fsp3) is 0.0909. The van der Waals surface area contributed by atoms with E-state index < -0.39 is 0 Å². The molecule has 0 aromatic heterocycles. The fourth-order valence-electron chi connectivity index (χ4n) is 2.50. The second kappa shape index (κ2) is 8.67. The van der Waals surface area contributed by atoms with Crippen LogP contribution in [0.15, 0.2) is 78.9 Å². The summed E-state index contributed by atoms with van der Waals surface area (Å²) >= 11 is 0. The lowest BCUT2D eigenvalue weighted by atomic mass is 10.1. The molecule has 3 rings (SSSR count). The molecular formula is C22H20N2O3. The van der Waals surface area contributed by atoms with Crippen LogP contribution in [0.3, 0.4) is 0 Å². The van der Waals surface area contributed by atoms with E-state index in [0.29, 0.717) is 23.4 Å².